The Hall–Kier alpha value is -3.26. The average molecular weight is 306 g/mol. The molecule has 0 amide bonds. The van der Waals surface area contributed by atoms with Crippen LogP contribution in [0.15, 0.2) is 85.1 Å². The van der Waals surface area contributed by atoms with E-state index in [4.69, 9.17) is 4.98 Å². The van der Waals surface area contributed by atoms with Gasteiger partial charge in [0.1, 0.15) is 0 Å². The molecule has 0 N–H and O–H groups in total. The molecule has 2 aromatic heterocycles. The van der Waals surface area contributed by atoms with Crippen molar-refractivity contribution in [1.29, 1.82) is 0 Å². The zero-order chi connectivity index (χ0) is 15.9. The Morgan fingerprint density at radius 1 is 0.500 bits per heavy atom. The van der Waals surface area contributed by atoms with Crippen LogP contribution in [0.25, 0.3) is 43.8 Å². The fourth-order valence-electron chi connectivity index (χ4n) is 3.38. The summed E-state index contributed by atoms with van der Waals surface area (Å²) in [5.41, 5.74) is 4.20. The van der Waals surface area contributed by atoms with Crippen molar-refractivity contribution in [3.8, 4) is 11.3 Å². The number of rotatable bonds is 1. The maximum atomic E-state index is 5.00. The quantitative estimate of drug-likeness (QED) is 0.376. The molecule has 0 saturated carbocycles. The minimum atomic E-state index is 0.997. The first kappa shape index (κ1) is 13.2. The van der Waals surface area contributed by atoms with Gasteiger partial charge in [0.25, 0.3) is 0 Å². The van der Waals surface area contributed by atoms with Gasteiger partial charge in [0.2, 0.25) is 0 Å². The molecule has 0 aliphatic rings. The van der Waals surface area contributed by atoms with Crippen molar-refractivity contribution in [3.05, 3.63) is 85.1 Å². The Morgan fingerprint density at radius 3 is 1.92 bits per heavy atom. The molecule has 5 rings (SSSR count). The highest BCUT2D eigenvalue weighted by atomic mass is 14.7. The van der Waals surface area contributed by atoms with Crippen LogP contribution in [0.1, 0.15) is 0 Å². The topological polar surface area (TPSA) is 25.8 Å². The lowest BCUT2D eigenvalue weighted by molar-refractivity contribution is 1.40. The molecule has 2 heterocycles. The molecular formula is C22H14N2. The third-order valence-corrected chi connectivity index (χ3v) is 4.50. The van der Waals surface area contributed by atoms with E-state index in [1.165, 1.54) is 0 Å². The fourth-order valence-corrected chi connectivity index (χ4v) is 3.38. The first-order valence-electron chi connectivity index (χ1n) is 8.03. The predicted molar refractivity (Wildman–Crippen MR) is 100.0 cm³/mol. The second kappa shape index (κ2) is 5.14. The Morgan fingerprint density at radius 2 is 1.12 bits per heavy atom. The van der Waals surface area contributed by atoms with Gasteiger partial charge in [-0.3, -0.25) is 4.98 Å². The smallest absolute Gasteiger partial charge is 0.0795 e. The van der Waals surface area contributed by atoms with Crippen LogP contribution in [0.5, 0.6) is 0 Å². The molecule has 0 aliphatic heterocycles. The standard InChI is InChI=1S/C22H14N2/c1-2-7-15(8-3-1)20-13-12-19-17-11-6-14-23-21(17)16-9-4-5-10-18(16)22(19)24-20/h1-14H. The normalized spacial score (nSPS) is 11.3. The third-order valence-electron chi connectivity index (χ3n) is 4.50. The largest absolute Gasteiger partial charge is 0.256 e. The highest BCUT2D eigenvalue weighted by Crippen LogP contribution is 2.34. The summed E-state index contributed by atoms with van der Waals surface area (Å²) in [7, 11) is 0. The SMILES string of the molecule is c1ccc(-c2ccc3c4cccnc4c4ccccc4c3n2)cc1. The fraction of sp³-hybridized carbons (Fsp3) is 0. The number of hydrogen-bond acceptors (Lipinski definition) is 2. The Balaban J connectivity index is 1.96. The maximum absolute atomic E-state index is 5.00. The van der Waals surface area contributed by atoms with Crippen molar-refractivity contribution < 1.29 is 0 Å². The molecule has 2 nitrogen and oxygen atoms in total. The summed E-state index contributed by atoms with van der Waals surface area (Å²) in [4.78, 5) is 9.61. The number of nitrogens with zero attached hydrogens (tertiary/aromatic N) is 2. The van der Waals surface area contributed by atoms with Crippen LogP contribution in [0.4, 0.5) is 0 Å². The van der Waals surface area contributed by atoms with Crippen molar-refractivity contribution in [2.45, 2.75) is 0 Å². The first-order valence-corrected chi connectivity index (χ1v) is 8.03. The van der Waals surface area contributed by atoms with Gasteiger partial charge < -0.3 is 0 Å². The zero-order valence-corrected chi connectivity index (χ0v) is 13.0. The molecule has 0 aliphatic carbocycles. The van der Waals surface area contributed by atoms with Crippen LogP contribution < -0.4 is 0 Å². The van der Waals surface area contributed by atoms with Crippen LogP contribution in [-0.4, -0.2) is 9.97 Å². The van der Waals surface area contributed by atoms with E-state index in [2.05, 4.69) is 59.6 Å². The Kier molecular flexibility index (Phi) is 2.83. The van der Waals surface area contributed by atoms with E-state index in [1.54, 1.807) is 0 Å². The van der Waals surface area contributed by atoms with E-state index in [-0.39, 0.29) is 0 Å². The van der Waals surface area contributed by atoms with Crippen molar-refractivity contribution in [2.75, 3.05) is 0 Å². The zero-order valence-electron chi connectivity index (χ0n) is 13.0. The molecule has 0 saturated heterocycles. The molecule has 0 radical (unpaired) electrons. The van der Waals surface area contributed by atoms with Crippen LogP contribution in [0, 0.1) is 0 Å². The number of benzene rings is 3. The van der Waals surface area contributed by atoms with E-state index in [1.807, 2.05) is 30.5 Å². The second-order valence-corrected chi connectivity index (χ2v) is 5.90. The summed E-state index contributed by atoms with van der Waals surface area (Å²) in [5, 5.41) is 4.60. The van der Waals surface area contributed by atoms with Gasteiger partial charge in [0.15, 0.2) is 0 Å². The van der Waals surface area contributed by atoms with E-state index in [0.717, 1.165) is 43.8 Å². The molecule has 24 heavy (non-hydrogen) atoms. The Bertz CT molecular complexity index is 1160. The van der Waals surface area contributed by atoms with Crippen LogP contribution in [0.2, 0.25) is 0 Å². The molecule has 2 heteroatoms. The summed E-state index contributed by atoms with van der Waals surface area (Å²) in [6.07, 6.45) is 1.85. The van der Waals surface area contributed by atoms with Crippen LogP contribution in [0.3, 0.4) is 0 Å². The molecule has 112 valence electrons. The van der Waals surface area contributed by atoms with E-state index >= 15 is 0 Å². The van der Waals surface area contributed by atoms with E-state index in [0.29, 0.717) is 0 Å². The van der Waals surface area contributed by atoms with Gasteiger partial charge in [-0.15, -0.1) is 0 Å². The van der Waals surface area contributed by atoms with E-state index < -0.39 is 0 Å². The van der Waals surface area contributed by atoms with Gasteiger partial charge in [0.05, 0.1) is 16.7 Å². The summed E-state index contributed by atoms with van der Waals surface area (Å²) >= 11 is 0. The molecule has 0 unspecified atom stereocenters. The minimum absolute atomic E-state index is 0.997. The number of pyridine rings is 2. The number of hydrogen-bond donors (Lipinski definition) is 0. The molecule has 5 aromatic rings. The molecule has 0 spiro atoms. The monoisotopic (exact) mass is 306 g/mol. The van der Waals surface area contributed by atoms with Crippen molar-refractivity contribution in [2.24, 2.45) is 0 Å². The summed E-state index contributed by atoms with van der Waals surface area (Å²) in [6, 6.07) is 27.1. The summed E-state index contributed by atoms with van der Waals surface area (Å²) in [6.45, 7) is 0. The number of fused-ring (bicyclic) bond motifs is 6. The lowest BCUT2D eigenvalue weighted by atomic mass is 9.99. The maximum Gasteiger partial charge on any atom is 0.0795 e. The van der Waals surface area contributed by atoms with Gasteiger partial charge in [0, 0.05) is 33.3 Å². The first-order chi connectivity index (χ1) is 11.9. The molecule has 3 aromatic carbocycles. The highest BCUT2D eigenvalue weighted by Gasteiger charge is 2.11. The van der Waals surface area contributed by atoms with Crippen LogP contribution in [-0.2, 0) is 0 Å². The molecule has 0 fully saturated rings. The lowest BCUT2D eigenvalue weighted by Gasteiger charge is -2.10. The van der Waals surface area contributed by atoms with E-state index in [9.17, 15) is 0 Å². The minimum Gasteiger partial charge on any atom is -0.256 e. The van der Waals surface area contributed by atoms with Gasteiger partial charge >= 0.3 is 0 Å². The average Bonchev–Trinajstić information content (AvgIpc) is 2.68. The Labute approximate surface area is 139 Å². The van der Waals surface area contributed by atoms with Gasteiger partial charge in [-0.1, -0.05) is 60.7 Å². The van der Waals surface area contributed by atoms with Crippen molar-refractivity contribution >= 4 is 32.6 Å². The second-order valence-electron chi connectivity index (χ2n) is 5.90. The third kappa shape index (κ3) is 1.90. The van der Waals surface area contributed by atoms with Crippen LogP contribution >= 0.6 is 0 Å². The lowest BCUT2D eigenvalue weighted by Crippen LogP contribution is -1.90. The summed E-state index contributed by atoms with van der Waals surface area (Å²) < 4.78 is 0. The number of aromatic nitrogens is 2. The van der Waals surface area contributed by atoms with Gasteiger partial charge in [-0.25, -0.2) is 4.98 Å². The molecular weight excluding hydrogens is 292 g/mol. The van der Waals surface area contributed by atoms with Gasteiger partial charge in [-0.05, 0) is 18.2 Å². The summed E-state index contributed by atoms with van der Waals surface area (Å²) in [5.74, 6) is 0. The van der Waals surface area contributed by atoms with Gasteiger partial charge in [-0.2, -0.15) is 0 Å². The predicted octanol–water partition coefficient (Wildman–Crippen LogP) is 5.60. The molecule has 0 bridgehead atoms. The van der Waals surface area contributed by atoms with Crippen molar-refractivity contribution in [1.82, 2.24) is 9.97 Å². The highest BCUT2D eigenvalue weighted by molar-refractivity contribution is 6.23. The molecule has 0 atom stereocenters. The van der Waals surface area contributed by atoms with Crippen molar-refractivity contribution in [3.63, 3.8) is 0 Å².